The van der Waals surface area contributed by atoms with Crippen molar-refractivity contribution < 1.29 is 4.74 Å². The van der Waals surface area contributed by atoms with E-state index in [1.54, 1.807) is 18.6 Å². The van der Waals surface area contributed by atoms with Gasteiger partial charge in [-0.3, -0.25) is 9.88 Å². The summed E-state index contributed by atoms with van der Waals surface area (Å²) in [6, 6.07) is 1.71. The molecule has 21 heavy (non-hydrogen) atoms. The lowest BCUT2D eigenvalue weighted by atomic mass is 10.2. The van der Waals surface area contributed by atoms with Gasteiger partial charge in [0.1, 0.15) is 12.4 Å². The topological polar surface area (TPSA) is 56.1 Å². The summed E-state index contributed by atoms with van der Waals surface area (Å²) in [6.07, 6.45) is 3.20. The fraction of sp³-hybridized carbons (Fsp3) is 0.462. The van der Waals surface area contributed by atoms with Gasteiger partial charge in [-0.15, -0.1) is 10.2 Å². The Kier molecular flexibility index (Phi) is 4.40. The maximum absolute atomic E-state index is 6.18. The molecule has 3 heterocycles. The average molecular weight is 328 g/mol. The predicted octanol–water partition coefficient (Wildman–Crippen LogP) is 2.09. The highest BCUT2D eigenvalue weighted by Crippen LogP contribution is 2.24. The van der Waals surface area contributed by atoms with Crippen LogP contribution in [0.1, 0.15) is 17.6 Å². The van der Waals surface area contributed by atoms with Crippen molar-refractivity contribution >= 4 is 23.2 Å². The number of aromatic nitrogens is 4. The highest BCUT2D eigenvalue weighted by atomic mass is 35.5. The van der Waals surface area contributed by atoms with Gasteiger partial charge in [-0.05, 0) is 6.07 Å². The van der Waals surface area contributed by atoms with Crippen LogP contribution in [-0.2, 0) is 18.3 Å². The fourth-order valence-corrected chi connectivity index (χ4v) is 2.80. The Morgan fingerprint density at radius 1 is 1.43 bits per heavy atom. The summed E-state index contributed by atoms with van der Waals surface area (Å²) in [6.45, 7) is 2.86. The second-order valence-corrected chi connectivity index (χ2v) is 5.82. The van der Waals surface area contributed by atoms with Gasteiger partial charge in [0.25, 0.3) is 0 Å². The molecule has 8 heteroatoms. The smallest absolute Gasteiger partial charge is 0.163 e. The molecular weight excluding hydrogens is 313 g/mol. The Morgan fingerprint density at radius 2 is 2.29 bits per heavy atom. The number of halogens is 2. The van der Waals surface area contributed by atoms with Gasteiger partial charge in [0.05, 0.1) is 22.3 Å². The van der Waals surface area contributed by atoms with Crippen molar-refractivity contribution in [3.8, 4) is 0 Å². The molecule has 112 valence electrons. The van der Waals surface area contributed by atoms with Crippen molar-refractivity contribution in [2.75, 3.05) is 19.7 Å². The lowest BCUT2D eigenvalue weighted by Crippen LogP contribution is -2.38. The molecule has 0 radical (unpaired) electrons. The van der Waals surface area contributed by atoms with Crippen LogP contribution in [0.4, 0.5) is 0 Å². The van der Waals surface area contributed by atoms with E-state index in [1.165, 1.54) is 0 Å². The van der Waals surface area contributed by atoms with Crippen LogP contribution in [0, 0.1) is 0 Å². The molecule has 2 aromatic heterocycles. The zero-order valence-electron chi connectivity index (χ0n) is 11.5. The van der Waals surface area contributed by atoms with E-state index in [2.05, 4.69) is 20.1 Å². The average Bonchev–Trinajstić information content (AvgIpc) is 2.89. The summed E-state index contributed by atoms with van der Waals surface area (Å²) in [5.41, 5.74) is 0.819. The van der Waals surface area contributed by atoms with E-state index in [4.69, 9.17) is 27.9 Å². The normalized spacial score (nSPS) is 19.9. The van der Waals surface area contributed by atoms with Crippen molar-refractivity contribution in [1.82, 2.24) is 24.6 Å². The number of pyridine rings is 1. The summed E-state index contributed by atoms with van der Waals surface area (Å²) >= 11 is 12.0. The minimum Gasteiger partial charge on any atom is -0.368 e. The first-order valence-electron chi connectivity index (χ1n) is 6.61. The summed E-state index contributed by atoms with van der Waals surface area (Å²) in [7, 11) is 1.91. The second-order valence-electron chi connectivity index (χ2n) is 4.98. The molecule has 0 amide bonds. The number of hydrogen-bond donors (Lipinski definition) is 0. The molecule has 1 fully saturated rings. The van der Waals surface area contributed by atoms with E-state index in [1.807, 2.05) is 11.6 Å². The third-order valence-electron chi connectivity index (χ3n) is 3.44. The minimum absolute atomic E-state index is 0.0858. The maximum Gasteiger partial charge on any atom is 0.163 e. The van der Waals surface area contributed by atoms with Crippen LogP contribution in [0.15, 0.2) is 18.6 Å². The third-order valence-corrected chi connectivity index (χ3v) is 3.98. The van der Waals surface area contributed by atoms with Crippen LogP contribution in [-0.4, -0.2) is 44.3 Å². The molecule has 2 aromatic rings. The molecule has 0 aliphatic carbocycles. The van der Waals surface area contributed by atoms with E-state index >= 15 is 0 Å². The van der Waals surface area contributed by atoms with Gasteiger partial charge < -0.3 is 9.30 Å². The van der Waals surface area contributed by atoms with Gasteiger partial charge in [0.2, 0.25) is 0 Å². The molecule has 0 bridgehead atoms. The first kappa shape index (κ1) is 14.7. The van der Waals surface area contributed by atoms with Crippen molar-refractivity contribution in [2.45, 2.75) is 12.6 Å². The van der Waals surface area contributed by atoms with Crippen LogP contribution in [0.5, 0.6) is 0 Å². The zero-order chi connectivity index (χ0) is 14.8. The van der Waals surface area contributed by atoms with Crippen molar-refractivity contribution in [3.05, 3.63) is 40.2 Å². The Balaban J connectivity index is 1.70. The number of nitrogens with zero attached hydrogens (tertiary/aromatic N) is 5. The van der Waals surface area contributed by atoms with Crippen molar-refractivity contribution in [2.24, 2.45) is 7.05 Å². The number of aryl methyl sites for hydroxylation is 1. The molecule has 1 atom stereocenters. The van der Waals surface area contributed by atoms with Crippen LogP contribution in [0.25, 0.3) is 0 Å². The maximum atomic E-state index is 6.18. The SMILES string of the molecule is Cn1cnnc1C1CN(Cc2ncc(Cl)cc2Cl)CCO1. The molecule has 1 aliphatic rings. The fourth-order valence-electron chi connectivity index (χ4n) is 2.36. The number of rotatable bonds is 3. The molecule has 3 rings (SSSR count). The van der Waals surface area contributed by atoms with Gasteiger partial charge in [-0.1, -0.05) is 23.2 Å². The molecule has 1 saturated heterocycles. The quantitative estimate of drug-likeness (QED) is 0.864. The van der Waals surface area contributed by atoms with Crippen molar-refractivity contribution in [1.29, 1.82) is 0 Å². The lowest BCUT2D eigenvalue weighted by Gasteiger charge is -2.32. The van der Waals surface area contributed by atoms with Gasteiger partial charge in [0, 0.05) is 32.9 Å². The summed E-state index contributed by atoms with van der Waals surface area (Å²) in [4.78, 5) is 6.54. The van der Waals surface area contributed by atoms with Gasteiger partial charge in [0.15, 0.2) is 5.82 Å². The Hall–Kier alpha value is -1.21. The van der Waals surface area contributed by atoms with E-state index in [-0.39, 0.29) is 6.10 Å². The summed E-state index contributed by atoms with van der Waals surface area (Å²) in [5, 5.41) is 9.14. The molecule has 0 N–H and O–H groups in total. The Labute approximate surface area is 132 Å². The second kappa shape index (κ2) is 6.27. The first-order chi connectivity index (χ1) is 10.1. The molecule has 0 saturated carbocycles. The molecule has 0 aromatic carbocycles. The Morgan fingerprint density at radius 3 is 3.00 bits per heavy atom. The molecule has 1 aliphatic heterocycles. The standard InChI is InChI=1S/C13H15Cl2N5O/c1-19-8-17-18-13(19)12-7-20(2-3-21-12)6-11-10(15)4-9(14)5-16-11/h4-5,8,12H,2-3,6-7H2,1H3. The van der Waals surface area contributed by atoms with Gasteiger partial charge >= 0.3 is 0 Å². The Bertz CT molecular complexity index is 633. The van der Waals surface area contributed by atoms with E-state index in [9.17, 15) is 0 Å². The van der Waals surface area contributed by atoms with Crippen LogP contribution >= 0.6 is 23.2 Å². The number of hydrogen-bond acceptors (Lipinski definition) is 5. The minimum atomic E-state index is -0.0858. The number of morpholine rings is 1. The molecule has 6 nitrogen and oxygen atoms in total. The zero-order valence-corrected chi connectivity index (χ0v) is 13.0. The molecule has 1 unspecified atom stereocenters. The monoisotopic (exact) mass is 327 g/mol. The van der Waals surface area contributed by atoms with Gasteiger partial charge in [-0.25, -0.2) is 0 Å². The third kappa shape index (κ3) is 3.35. The molecule has 0 spiro atoms. The highest BCUT2D eigenvalue weighted by molar-refractivity contribution is 6.34. The number of ether oxygens (including phenoxy) is 1. The van der Waals surface area contributed by atoms with E-state index < -0.39 is 0 Å². The molecular formula is C13H15Cl2N5O. The largest absolute Gasteiger partial charge is 0.368 e. The van der Waals surface area contributed by atoms with E-state index in [0.29, 0.717) is 23.2 Å². The van der Waals surface area contributed by atoms with Crippen LogP contribution in [0.2, 0.25) is 10.0 Å². The predicted molar refractivity (Wildman–Crippen MR) is 79.2 cm³/mol. The summed E-state index contributed by atoms with van der Waals surface area (Å²) in [5.74, 6) is 0.829. The van der Waals surface area contributed by atoms with Gasteiger partial charge in [-0.2, -0.15) is 0 Å². The van der Waals surface area contributed by atoms with Crippen LogP contribution < -0.4 is 0 Å². The van der Waals surface area contributed by atoms with Crippen LogP contribution in [0.3, 0.4) is 0 Å². The first-order valence-corrected chi connectivity index (χ1v) is 7.37. The highest BCUT2D eigenvalue weighted by Gasteiger charge is 2.26. The summed E-state index contributed by atoms with van der Waals surface area (Å²) < 4.78 is 7.66. The van der Waals surface area contributed by atoms with E-state index in [0.717, 1.165) is 24.6 Å². The van der Waals surface area contributed by atoms with Crippen molar-refractivity contribution in [3.63, 3.8) is 0 Å². The lowest BCUT2D eigenvalue weighted by molar-refractivity contribution is -0.0389.